The van der Waals surface area contributed by atoms with E-state index in [1.165, 1.54) is 11.1 Å². The molecular formula is C18H28O2. The number of esters is 1. The number of benzene rings is 1. The van der Waals surface area contributed by atoms with Gasteiger partial charge in [0, 0.05) is 6.42 Å². The van der Waals surface area contributed by atoms with E-state index in [-0.39, 0.29) is 5.97 Å². The Kier molecular flexibility index (Phi) is 7.35. The predicted molar refractivity (Wildman–Crippen MR) is 83.9 cm³/mol. The van der Waals surface area contributed by atoms with Crippen LogP contribution in [-0.4, -0.2) is 12.6 Å². The summed E-state index contributed by atoms with van der Waals surface area (Å²) in [6.45, 7) is 8.95. The highest BCUT2D eigenvalue weighted by atomic mass is 16.5. The van der Waals surface area contributed by atoms with Gasteiger partial charge in [-0.25, -0.2) is 0 Å². The number of carbonyl (C=O) groups is 1. The highest BCUT2D eigenvalue weighted by molar-refractivity contribution is 5.69. The maximum Gasteiger partial charge on any atom is 0.305 e. The first-order valence-corrected chi connectivity index (χ1v) is 7.81. The van der Waals surface area contributed by atoms with Crippen molar-refractivity contribution in [3.8, 4) is 0 Å². The lowest BCUT2D eigenvalue weighted by atomic mass is 9.91. The van der Waals surface area contributed by atoms with E-state index in [1.54, 1.807) is 0 Å². The molecule has 0 N–H and O–H groups in total. The first-order chi connectivity index (χ1) is 9.56. The van der Waals surface area contributed by atoms with E-state index < -0.39 is 0 Å². The van der Waals surface area contributed by atoms with Crippen molar-refractivity contribution in [2.45, 2.75) is 59.3 Å². The minimum atomic E-state index is -0.0684. The molecule has 1 aromatic rings. The zero-order valence-corrected chi connectivity index (χ0v) is 13.3. The first kappa shape index (κ1) is 16.7. The second-order valence-corrected chi connectivity index (χ2v) is 5.72. The minimum absolute atomic E-state index is 0.0684. The average molecular weight is 276 g/mol. The molecule has 20 heavy (non-hydrogen) atoms. The lowest BCUT2D eigenvalue weighted by Crippen LogP contribution is -2.09. The lowest BCUT2D eigenvalue weighted by Gasteiger charge is -2.15. The molecule has 0 bridgehead atoms. The van der Waals surface area contributed by atoms with Crippen LogP contribution in [0.1, 0.15) is 64.0 Å². The van der Waals surface area contributed by atoms with Crippen LogP contribution in [-0.2, 0) is 16.0 Å². The SMILES string of the molecule is CCOC(=O)CCC(CC)Cc1ccc(C(C)C)cc1. The molecule has 1 unspecified atom stereocenters. The van der Waals surface area contributed by atoms with E-state index in [1.807, 2.05) is 6.92 Å². The van der Waals surface area contributed by atoms with E-state index in [0.717, 1.165) is 19.3 Å². The molecule has 0 fully saturated rings. The highest BCUT2D eigenvalue weighted by Gasteiger charge is 2.11. The van der Waals surface area contributed by atoms with Crippen molar-refractivity contribution in [1.29, 1.82) is 0 Å². The summed E-state index contributed by atoms with van der Waals surface area (Å²) in [7, 11) is 0. The Morgan fingerprint density at radius 3 is 2.30 bits per heavy atom. The van der Waals surface area contributed by atoms with Crippen molar-refractivity contribution in [3.63, 3.8) is 0 Å². The van der Waals surface area contributed by atoms with Gasteiger partial charge in [0.1, 0.15) is 0 Å². The Hall–Kier alpha value is -1.31. The summed E-state index contributed by atoms with van der Waals surface area (Å²) < 4.78 is 4.99. The van der Waals surface area contributed by atoms with Gasteiger partial charge in [-0.3, -0.25) is 4.79 Å². The molecule has 1 aromatic carbocycles. The molecule has 2 heteroatoms. The zero-order valence-electron chi connectivity index (χ0n) is 13.3. The van der Waals surface area contributed by atoms with Gasteiger partial charge < -0.3 is 4.74 Å². The Bertz CT molecular complexity index is 392. The van der Waals surface area contributed by atoms with E-state index in [9.17, 15) is 4.79 Å². The highest BCUT2D eigenvalue weighted by Crippen LogP contribution is 2.20. The summed E-state index contributed by atoms with van der Waals surface area (Å²) in [5.74, 6) is 1.07. The number of rotatable bonds is 8. The van der Waals surface area contributed by atoms with Crippen molar-refractivity contribution < 1.29 is 9.53 Å². The molecule has 1 atom stereocenters. The quantitative estimate of drug-likeness (QED) is 0.642. The summed E-state index contributed by atoms with van der Waals surface area (Å²) in [5.41, 5.74) is 2.75. The van der Waals surface area contributed by atoms with Gasteiger partial charge in [0.2, 0.25) is 0 Å². The van der Waals surface area contributed by atoms with E-state index in [4.69, 9.17) is 4.74 Å². The molecule has 112 valence electrons. The van der Waals surface area contributed by atoms with Crippen molar-refractivity contribution in [1.82, 2.24) is 0 Å². The van der Waals surface area contributed by atoms with E-state index in [2.05, 4.69) is 45.0 Å². The van der Waals surface area contributed by atoms with Crippen LogP contribution in [0.3, 0.4) is 0 Å². The van der Waals surface area contributed by atoms with E-state index in [0.29, 0.717) is 24.9 Å². The van der Waals surface area contributed by atoms with Crippen molar-refractivity contribution >= 4 is 5.97 Å². The van der Waals surface area contributed by atoms with Crippen molar-refractivity contribution in [3.05, 3.63) is 35.4 Å². The van der Waals surface area contributed by atoms with Crippen LogP contribution < -0.4 is 0 Å². The molecule has 0 aliphatic heterocycles. The number of hydrogen-bond donors (Lipinski definition) is 0. The fourth-order valence-electron chi connectivity index (χ4n) is 2.38. The number of hydrogen-bond acceptors (Lipinski definition) is 2. The summed E-state index contributed by atoms with van der Waals surface area (Å²) in [6.07, 6.45) is 3.61. The van der Waals surface area contributed by atoms with Crippen molar-refractivity contribution in [2.75, 3.05) is 6.61 Å². The standard InChI is InChI=1S/C18H28O2/c1-5-15(9-12-18(19)20-6-2)13-16-7-10-17(11-8-16)14(3)4/h7-8,10-11,14-15H,5-6,9,12-13H2,1-4H3. The lowest BCUT2D eigenvalue weighted by molar-refractivity contribution is -0.143. The third kappa shape index (κ3) is 5.77. The van der Waals surface area contributed by atoms with Crippen LogP contribution in [0.2, 0.25) is 0 Å². The Morgan fingerprint density at radius 1 is 1.15 bits per heavy atom. The van der Waals surface area contributed by atoms with Gasteiger partial charge in [0.25, 0.3) is 0 Å². The van der Waals surface area contributed by atoms with Crippen LogP contribution >= 0.6 is 0 Å². The maximum absolute atomic E-state index is 11.4. The molecule has 1 rings (SSSR count). The third-order valence-corrected chi connectivity index (χ3v) is 3.81. The molecule has 0 aromatic heterocycles. The average Bonchev–Trinajstić information content (AvgIpc) is 2.44. The Morgan fingerprint density at radius 2 is 1.80 bits per heavy atom. The van der Waals surface area contributed by atoms with E-state index >= 15 is 0 Å². The van der Waals surface area contributed by atoms with Gasteiger partial charge in [-0.15, -0.1) is 0 Å². The van der Waals surface area contributed by atoms with Crippen LogP contribution in [0.5, 0.6) is 0 Å². The second-order valence-electron chi connectivity index (χ2n) is 5.72. The molecule has 0 amide bonds. The maximum atomic E-state index is 11.4. The summed E-state index contributed by atoms with van der Waals surface area (Å²) in [5, 5.41) is 0. The molecule has 0 heterocycles. The van der Waals surface area contributed by atoms with Gasteiger partial charge >= 0.3 is 5.97 Å². The Balaban J connectivity index is 2.49. The third-order valence-electron chi connectivity index (χ3n) is 3.81. The van der Waals surface area contributed by atoms with Gasteiger partial charge in [0.15, 0.2) is 0 Å². The fourth-order valence-corrected chi connectivity index (χ4v) is 2.38. The molecule has 0 aliphatic carbocycles. The summed E-state index contributed by atoms with van der Waals surface area (Å²) in [4.78, 5) is 11.4. The fraction of sp³-hybridized carbons (Fsp3) is 0.611. The number of carbonyl (C=O) groups excluding carboxylic acids is 1. The minimum Gasteiger partial charge on any atom is -0.466 e. The monoisotopic (exact) mass is 276 g/mol. The Labute approximate surface area is 123 Å². The molecule has 0 saturated carbocycles. The summed E-state index contributed by atoms with van der Waals surface area (Å²) in [6, 6.07) is 8.89. The largest absolute Gasteiger partial charge is 0.466 e. The predicted octanol–water partition coefficient (Wildman–Crippen LogP) is 4.72. The van der Waals surface area contributed by atoms with Crippen LogP contribution in [0.25, 0.3) is 0 Å². The second kappa shape index (κ2) is 8.78. The van der Waals surface area contributed by atoms with Crippen LogP contribution in [0.4, 0.5) is 0 Å². The van der Waals surface area contributed by atoms with Crippen LogP contribution in [0.15, 0.2) is 24.3 Å². The van der Waals surface area contributed by atoms with Gasteiger partial charge in [-0.05, 0) is 42.7 Å². The number of ether oxygens (including phenoxy) is 1. The molecule has 0 aliphatic rings. The zero-order chi connectivity index (χ0) is 15.0. The van der Waals surface area contributed by atoms with Crippen LogP contribution in [0, 0.1) is 5.92 Å². The first-order valence-electron chi connectivity index (χ1n) is 7.81. The normalized spacial score (nSPS) is 12.4. The molecule has 0 radical (unpaired) electrons. The topological polar surface area (TPSA) is 26.3 Å². The summed E-state index contributed by atoms with van der Waals surface area (Å²) >= 11 is 0. The molecule has 0 spiro atoms. The smallest absolute Gasteiger partial charge is 0.305 e. The van der Waals surface area contributed by atoms with Gasteiger partial charge in [-0.2, -0.15) is 0 Å². The molecule has 2 nitrogen and oxygen atoms in total. The van der Waals surface area contributed by atoms with Gasteiger partial charge in [0.05, 0.1) is 6.61 Å². The van der Waals surface area contributed by atoms with Crippen molar-refractivity contribution in [2.24, 2.45) is 5.92 Å². The molecular weight excluding hydrogens is 248 g/mol. The van der Waals surface area contributed by atoms with Gasteiger partial charge in [-0.1, -0.05) is 51.5 Å². The molecule has 0 saturated heterocycles.